The predicted molar refractivity (Wildman–Crippen MR) is 90.9 cm³/mol. The summed E-state index contributed by atoms with van der Waals surface area (Å²) in [5.74, 6) is 0.706. The van der Waals surface area contributed by atoms with E-state index in [-0.39, 0.29) is 11.8 Å². The summed E-state index contributed by atoms with van der Waals surface area (Å²) in [6, 6.07) is 11.5. The van der Waals surface area contributed by atoms with Crippen LogP contribution in [0.5, 0.6) is 5.75 Å². The fourth-order valence-corrected chi connectivity index (χ4v) is 2.28. The van der Waals surface area contributed by atoms with Gasteiger partial charge in [-0.2, -0.15) is 0 Å². The Kier molecular flexibility index (Phi) is 5.97. The monoisotopic (exact) mass is 314 g/mol. The van der Waals surface area contributed by atoms with E-state index in [0.29, 0.717) is 25.2 Å². The highest BCUT2D eigenvalue weighted by atomic mass is 16.5. The molecule has 0 aromatic heterocycles. The van der Waals surface area contributed by atoms with Gasteiger partial charge in [-0.25, -0.2) is 0 Å². The van der Waals surface area contributed by atoms with Crippen molar-refractivity contribution < 1.29 is 14.3 Å². The molecule has 2 aromatic carbocycles. The molecule has 0 aliphatic carbocycles. The minimum absolute atomic E-state index is 0.0637. The maximum Gasteiger partial charge on any atom is 0.305 e. The molecular weight excluding hydrogens is 292 g/mol. The highest BCUT2D eigenvalue weighted by Crippen LogP contribution is 2.22. The highest BCUT2D eigenvalue weighted by molar-refractivity contribution is 5.99. The third-order valence-electron chi connectivity index (χ3n) is 3.47. The number of nitrogens with one attached hydrogen (secondary N) is 1. The second-order valence-corrected chi connectivity index (χ2v) is 5.25. The summed E-state index contributed by atoms with van der Waals surface area (Å²) in [6.45, 7) is 2.80. The number of carbonyl (C=O) groups is 1. The van der Waals surface area contributed by atoms with Crippen LogP contribution in [0.2, 0.25) is 0 Å². The van der Waals surface area contributed by atoms with Crippen molar-refractivity contribution in [1.82, 2.24) is 0 Å². The SMILES string of the molecule is CCOC(=O)CCCCOc1ccc2cc(C(=N)N)ccc2c1. The molecule has 0 aliphatic heterocycles. The van der Waals surface area contributed by atoms with Gasteiger partial charge in [0.05, 0.1) is 13.2 Å². The molecule has 122 valence electrons. The number of esters is 1. The van der Waals surface area contributed by atoms with Gasteiger partial charge in [-0.3, -0.25) is 10.2 Å². The maximum absolute atomic E-state index is 11.2. The minimum Gasteiger partial charge on any atom is -0.494 e. The van der Waals surface area contributed by atoms with Crippen LogP contribution in [0.4, 0.5) is 0 Å². The number of ether oxygens (including phenoxy) is 2. The van der Waals surface area contributed by atoms with Crippen LogP contribution in [0.1, 0.15) is 31.7 Å². The lowest BCUT2D eigenvalue weighted by Crippen LogP contribution is -2.10. The van der Waals surface area contributed by atoms with Crippen molar-refractivity contribution in [3.8, 4) is 5.75 Å². The van der Waals surface area contributed by atoms with Gasteiger partial charge in [-0.1, -0.05) is 18.2 Å². The number of rotatable bonds is 8. The lowest BCUT2D eigenvalue weighted by Gasteiger charge is -2.08. The lowest BCUT2D eigenvalue weighted by atomic mass is 10.1. The van der Waals surface area contributed by atoms with E-state index in [2.05, 4.69) is 0 Å². The Morgan fingerprint density at radius 3 is 2.61 bits per heavy atom. The van der Waals surface area contributed by atoms with Crippen molar-refractivity contribution in [1.29, 1.82) is 5.41 Å². The van der Waals surface area contributed by atoms with Crippen molar-refractivity contribution in [3.05, 3.63) is 42.0 Å². The normalized spacial score (nSPS) is 10.5. The average Bonchev–Trinajstić information content (AvgIpc) is 2.54. The Hall–Kier alpha value is -2.56. The lowest BCUT2D eigenvalue weighted by molar-refractivity contribution is -0.143. The molecule has 0 spiro atoms. The van der Waals surface area contributed by atoms with Crippen LogP contribution in [0, 0.1) is 5.41 Å². The summed E-state index contributed by atoms with van der Waals surface area (Å²) in [7, 11) is 0. The van der Waals surface area contributed by atoms with Crippen molar-refractivity contribution in [3.63, 3.8) is 0 Å². The van der Waals surface area contributed by atoms with Gasteiger partial charge >= 0.3 is 5.97 Å². The smallest absolute Gasteiger partial charge is 0.305 e. The molecule has 0 aliphatic rings. The van der Waals surface area contributed by atoms with Crippen LogP contribution in [0.15, 0.2) is 36.4 Å². The van der Waals surface area contributed by atoms with Gasteiger partial charge in [0.25, 0.3) is 0 Å². The summed E-state index contributed by atoms with van der Waals surface area (Å²) in [5.41, 5.74) is 6.21. The Morgan fingerprint density at radius 2 is 1.87 bits per heavy atom. The second kappa shape index (κ2) is 8.17. The predicted octanol–water partition coefficient (Wildman–Crippen LogP) is 3.24. The summed E-state index contributed by atoms with van der Waals surface area (Å²) >= 11 is 0. The van der Waals surface area contributed by atoms with E-state index in [1.54, 1.807) is 6.92 Å². The third-order valence-corrected chi connectivity index (χ3v) is 3.47. The first-order valence-electron chi connectivity index (χ1n) is 7.77. The van der Waals surface area contributed by atoms with E-state index in [0.717, 1.165) is 29.4 Å². The Bertz CT molecular complexity index is 698. The molecule has 0 saturated heterocycles. The summed E-state index contributed by atoms with van der Waals surface area (Å²) in [4.78, 5) is 11.2. The molecule has 3 N–H and O–H groups in total. The maximum atomic E-state index is 11.2. The van der Waals surface area contributed by atoms with E-state index < -0.39 is 0 Å². The Balaban J connectivity index is 1.85. The molecule has 0 radical (unpaired) electrons. The molecular formula is C18H22N2O3. The van der Waals surface area contributed by atoms with Crippen molar-refractivity contribution >= 4 is 22.6 Å². The molecule has 0 fully saturated rings. The van der Waals surface area contributed by atoms with E-state index in [1.165, 1.54) is 0 Å². The van der Waals surface area contributed by atoms with E-state index >= 15 is 0 Å². The van der Waals surface area contributed by atoms with Crippen molar-refractivity contribution in [2.75, 3.05) is 13.2 Å². The van der Waals surface area contributed by atoms with E-state index in [9.17, 15) is 4.79 Å². The number of nitrogen functional groups attached to an aromatic ring is 1. The average molecular weight is 314 g/mol. The molecule has 2 aromatic rings. The van der Waals surface area contributed by atoms with Gasteiger partial charge in [-0.15, -0.1) is 0 Å². The second-order valence-electron chi connectivity index (χ2n) is 5.25. The molecule has 5 heteroatoms. The number of carbonyl (C=O) groups excluding carboxylic acids is 1. The highest BCUT2D eigenvalue weighted by Gasteiger charge is 2.03. The van der Waals surface area contributed by atoms with Crippen LogP contribution >= 0.6 is 0 Å². The first-order valence-corrected chi connectivity index (χ1v) is 7.77. The largest absolute Gasteiger partial charge is 0.494 e. The molecule has 0 amide bonds. The topological polar surface area (TPSA) is 85.4 Å². The zero-order valence-electron chi connectivity index (χ0n) is 13.3. The van der Waals surface area contributed by atoms with Gasteiger partial charge in [0, 0.05) is 12.0 Å². The van der Waals surface area contributed by atoms with Crippen LogP contribution < -0.4 is 10.5 Å². The molecule has 5 nitrogen and oxygen atoms in total. The van der Waals surface area contributed by atoms with Crippen LogP contribution in [0.3, 0.4) is 0 Å². The van der Waals surface area contributed by atoms with Gasteiger partial charge in [0.2, 0.25) is 0 Å². The standard InChI is InChI=1S/C18H22N2O3/c1-2-22-17(21)5-3-4-10-23-16-9-8-13-11-15(18(19)20)7-6-14(13)12-16/h6-9,11-12H,2-5,10H2,1H3,(H3,19,20). The van der Waals surface area contributed by atoms with Gasteiger partial charge in [-0.05, 0) is 48.7 Å². The molecule has 0 heterocycles. The number of hydrogen-bond donors (Lipinski definition) is 2. The molecule has 0 bridgehead atoms. The number of unbranched alkanes of at least 4 members (excludes halogenated alkanes) is 1. The Morgan fingerprint density at radius 1 is 1.13 bits per heavy atom. The zero-order valence-corrected chi connectivity index (χ0v) is 13.3. The van der Waals surface area contributed by atoms with Gasteiger partial charge in [0.1, 0.15) is 11.6 Å². The zero-order chi connectivity index (χ0) is 16.7. The van der Waals surface area contributed by atoms with Crippen LogP contribution in [-0.4, -0.2) is 25.0 Å². The molecule has 0 saturated carbocycles. The fraction of sp³-hybridized carbons (Fsp3) is 0.333. The van der Waals surface area contributed by atoms with Crippen molar-refractivity contribution in [2.45, 2.75) is 26.2 Å². The van der Waals surface area contributed by atoms with Gasteiger partial charge in [0.15, 0.2) is 0 Å². The molecule has 0 unspecified atom stereocenters. The molecule has 2 rings (SSSR count). The Labute approximate surface area is 135 Å². The number of hydrogen-bond acceptors (Lipinski definition) is 4. The fourth-order valence-electron chi connectivity index (χ4n) is 2.28. The number of fused-ring (bicyclic) bond motifs is 1. The molecule has 0 atom stereocenters. The quantitative estimate of drug-likeness (QED) is 0.339. The summed E-state index contributed by atoms with van der Waals surface area (Å²) < 4.78 is 10.6. The minimum atomic E-state index is -0.153. The first kappa shape index (κ1) is 16.8. The van der Waals surface area contributed by atoms with E-state index in [1.807, 2.05) is 36.4 Å². The third kappa shape index (κ3) is 4.98. The van der Waals surface area contributed by atoms with Crippen LogP contribution in [0.25, 0.3) is 10.8 Å². The van der Waals surface area contributed by atoms with E-state index in [4.69, 9.17) is 20.6 Å². The molecule has 23 heavy (non-hydrogen) atoms. The van der Waals surface area contributed by atoms with Crippen molar-refractivity contribution in [2.24, 2.45) is 5.73 Å². The van der Waals surface area contributed by atoms with Crippen LogP contribution in [-0.2, 0) is 9.53 Å². The number of benzene rings is 2. The summed E-state index contributed by atoms with van der Waals surface area (Å²) in [5, 5.41) is 9.52. The van der Waals surface area contributed by atoms with Gasteiger partial charge < -0.3 is 15.2 Å². The first-order chi connectivity index (χ1) is 11.1. The number of amidine groups is 1. The number of nitrogens with two attached hydrogens (primary N) is 1. The summed E-state index contributed by atoms with van der Waals surface area (Å²) in [6.07, 6.45) is 2.00.